The molecule has 4 aliphatic heterocycles. The largest absolute Gasteiger partial charge is 0.359 e. The molecule has 2 unspecified atom stereocenters. The van der Waals surface area contributed by atoms with Gasteiger partial charge in [-0.25, -0.2) is 13.1 Å². The number of hydrogen-bond acceptors (Lipinski definition) is 7. The molecule has 9 heteroatoms. The lowest BCUT2D eigenvalue weighted by molar-refractivity contribution is -0.135. The van der Waals surface area contributed by atoms with Gasteiger partial charge in [-0.05, 0) is 206 Å². The molecule has 2 aromatic carbocycles. The molecule has 14 rings (SSSR count). The number of rotatable bonds is 4. The smallest absolute Gasteiger partial charge is 0.208 e. The highest BCUT2D eigenvalue weighted by atomic mass is 32.2. The Bertz CT molecular complexity index is 2940. The van der Waals surface area contributed by atoms with Crippen molar-refractivity contribution < 1.29 is 17.9 Å². The highest BCUT2D eigenvalue weighted by Crippen LogP contribution is 2.71. The number of aromatic nitrogens is 2. The molecule has 4 bridgehead atoms. The molecular formula is C57H66N4O4S. The second-order valence-corrected chi connectivity index (χ2v) is 25.0. The highest BCUT2D eigenvalue weighted by Gasteiger charge is 2.68. The van der Waals surface area contributed by atoms with Crippen molar-refractivity contribution >= 4 is 31.6 Å². The molecule has 4 aromatic rings. The van der Waals surface area contributed by atoms with E-state index in [0.717, 1.165) is 70.6 Å². The zero-order valence-electron chi connectivity index (χ0n) is 39.0. The van der Waals surface area contributed by atoms with E-state index in [-0.39, 0.29) is 45.3 Å². The molecule has 344 valence electrons. The highest BCUT2D eigenvalue weighted by molar-refractivity contribution is 7.88. The molecule has 4 saturated carbocycles. The molecular weight excluding hydrogens is 837 g/mol. The van der Waals surface area contributed by atoms with E-state index < -0.39 is 10.0 Å². The van der Waals surface area contributed by atoms with E-state index in [2.05, 4.69) is 101 Å². The lowest BCUT2D eigenvalue weighted by atomic mass is 9.58. The van der Waals surface area contributed by atoms with E-state index >= 15 is 0 Å². The number of nitrogens with one attached hydrogen (secondary N) is 1. The Balaban J connectivity index is 0.000000133. The van der Waals surface area contributed by atoms with Gasteiger partial charge in [0.05, 0.1) is 28.7 Å². The summed E-state index contributed by atoms with van der Waals surface area (Å²) in [6.07, 6.45) is 36.3. The normalized spacial score (nSPS) is 41.5. The number of ether oxygens (including phenoxy) is 2. The van der Waals surface area contributed by atoms with Crippen molar-refractivity contribution in [3.05, 3.63) is 131 Å². The molecule has 6 fully saturated rings. The number of sulfonamides is 1. The van der Waals surface area contributed by atoms with E-state index in [0.29, 0.717) is 23.7 Å². The van der Waals surface area contributed by atoms with Gasteiger partial charge in [0.25, 0.3) is 0 Å². The van der Waals surface area contributed by atoms with Crippen LogP contribution >= 0.6 is 0 Å². The number of fused-ring (bicyclic) bond motifs is 4. The first-order valence-electron chi connectivity index (χ1n) is 25.4. The Kier molecular flexibility index (Phi) is 9.27. The van der Waals surface area contributed by atoms with Crippen molar-refractivity contribution in [2.45, 2.75) is 163 Å². The molecule has 12 atom stereocenters. The molecule has 2 aromatic heterocycles. The summed E-state index contributed by atoms with van der Waals surface area (Å²) in [4.78, 5) is 8.71. The van der Waals surface area contributed by atoms with E-state index in [1.807, 2.05) is 24.8 Å². The van der Waals surface area contributed by atoms with Crippen molar-refractivity contribution in [3.63, 3.8) is 0 Å². The summed E-state index contributed by atoms with van der Waals surface area (Å²) in [5, 5.41) is 5.00. The summed E-state index contributed by atoms with van der Waals surface area (Å²) < 4.78 is 41.3. The molecule has 4 spiro atoms. The number of nitrogens with two attached hydrogens (primary N) is 1. The van der Waals surface area contributed by atoms with Crippen LogP contribution in [0.15, 0.2) is 120 Å². The first-order chi connectivity index (χ1) is 31.7. The molecule has 6 heterocycles. The standard InChI is InChI=1S/C29H34N2O3S.C28H32N2O/c1-27-11-9-23-16-22-5-6-24(31-35(2,32)33)17-28(22)12-13-29(23,34-28)26(27)8-7-25(27)20-4-3-19-10-14-30-18-21(19)15-20;1-26-10-8-22-15-21-4-5-23(29)16-27(21)11-12-28(22,31-27)25(26)7-6-24(26)19-3-2-18-9-13-30-17-20(18)14-19/h3-4,9-10,14-16,18,24-26,31H,5-8,11-13,17H2,1-2H3;2-3,8-9,13-15,17,23-25H,4-7,10-12,16,29H2,1H3/t24-,25+,26+,27+,28+,29?;23-,24+,25+,26+,27+,28?/m00/s1. The van der Waals surface area contributed by atoms with Crippen molar-refractivity contribution in [2.75, 3.05) is 6.26 Å². The predicted octanol–water partition coefficient (Wildman–Crippen LogP) is 11.2. The zero-order chi connectivity index (χ0) is 44.9. The summed E-state index contributed by atoms with van der Waals surface area (Å²) in [5.41, 5.74) is 14.9. The predicted molar refractivity (Wildman–Crippen MR) is 261 cm³/mol. The fourth-order valence-electron chi connectivity index (χ4n) is 17.0. The Morgan fingerprint density at radius 2 is 1.15 bits per heavy atom. The summed E-state index contributed by atoms with van der Waals surface area (Å²) in [7, 11) is -3.23. The molecule has 0 amide bonds. The van der Waals surface area contributed by atoms with Crippen LogP contribution in [0.3, 0.4) is 0 Å². The van der Waals surface area contributed by atoms with Crippen LogP contribution in [-0.4, -0.2) is 59.1 Å². The lowest BCUT2D eigenvalue weighted by Gasteiger charge is -2.54. The molecule has 3 N–H and O–H groups in total. The molecule has 0 radical (unpaired) electrons. The number of hydrogen-bond donors (Lipinski definition) is 2. The topological polar surface area (TPSA) is 116 Å². The van der Waals surface area contributed by atoms with Gasteiger partial charge in [0.2, 0.25) is 10.0 Å². The number of allylic oxidation sites excluding steroid dienone is 2. The quantitative estimate of drug-likeness (QED) is 0.209. The first-order valence-corrected chi connectivity index (χ1v) is 27.3. The minimum absolute atomic E-state index is 0.0414. The fourth-order valence-corrected chi connectivity index (χ4v) is 17.8. The van der Waals surface area contributed by atoms with Crippen molar-refractivity contribution in [3.8, 4) is 0 Å². The van der Waals surface area contributed by atoms with E-state index in [4.69, 9.17) is 15.2 Å². The van der Waals surface area contributed by atoms with Crippen LogP contribution in [0.5, 0.6) is 0 Å². The van der Waals surface area contributed by atoms with E-state index in [9.17, 15) is 8.42 Å². The van der Waals surface area contributed by atoms with Gasteiger partial charge in [-0.3, -0.25) is 9.97 Å². The van der Waals surface area contributed by atoms with Gasteiger partial charge in [0.15, 0.2) is 0 Å². The zero-order valence-corrected chi connectivity index (χ0v) is 39.8. The van der Waals surface area contributed by atoms with Crippen molar-refractivity contribution in [1.29, 1.82) is 0 Å². The maximum absolute atomic E-state index is 12.0. The third kappa shape index (κ3) is 6.10. The minimum Gasteiger partial charge on any atom is -0.359 e. The van der Waals surface area contributed by atoms with Gasteiger partial charge < -0.3 is 15.2 Å². The fraction of sp³-hybridized carbons (Fsp3) is 0.544. The third-order valence-electron chi connectivity index (χ3n) is 19.9. The van der Waals surface area contributed by atoms with E-state index in [1.54, 1.807) is 0 Å². The third-order valence-corrected chi connectivity index (χ3v) is 20.7. The SMILES string of the molecule is C[C@]12CC=C3C=C4CC[C@H](N)C[C@]45CCC3(O5)[C@@H]1CC[C@@H]2c1ccc2ccncc2c1.C[C@]12CC=C3C=C4CC[C@H](NS(C)(=O)=O)C[C@]45CCC3(O5)[C@@H]1CC[C@@H]2c1ccc2ccncc2c1. The Morgan fingerprint density at radius 3 is 1.68 bits per heavy atom. The van der Waals surface area contributed by atoms with Gasteiger partial charge >= 0.3 is 0 Å². The molecule has 6 aliphatic carbocycles. The van der Waals surface area contributed by atoms with Crippen LogP contribution in [0.1, 0.15) is 140 Å². The van der Waals surface area contributed by atoms with Gasteiger partial charge in [-0.15, -0.1) is 0 Å². The van der Waals surface area contributed by atoms with Crippen molar-refractivity contribution in [1.82, 2.24) is 14.7 Å². The maximum atomic E-state index is 12.0. The second kappa shape index (κ2) is 14.5. The average Bonchev–Trinajstić information content (AvgIpc) is 4.03. The van der Waals surface area contributed by atoms with Crippen LogP contribution in [-0.2, 0) is 19.5 Å². The molecule has 2 saturated heterocycles. The Morgan fingerprint density at radius 1 is 0.636 bits per heavy atom. The number of nitrogens with zero attached hydrogens (tertiary/aromatic N) is 2. The second-order valence-electron chi connectivity index (χ2n) is 23.2. The minimum atomic E-state index is -3.23. The summed E-state index contributed by atoms with van der Waals surface area (Å²) in [6.45, 7) is 5.04. The van der Waals surface area contributed by atoms with Crippen LogP contribution in [0, 0.1) is 22.7 Å². The molecule has 10 aliphatic rings. The van der Waals surface area contributed by atoms with Crippen LogP contribution < -0.4 is 10.5 Å². The number of pyridine rings is 2. The lowest BCUT2D eigenvalue weighted by Crippen LogP contribution is -2.55. The van der Waals surface area contributed by atoms with Crippen LogP contribution in [0.4, 0.5) is 0 Å². The number of benzene rings is 2. The maximum Gasteiger partial charge on any atom is 0.208 e. The average molecular weight is 903 g/mol. The summed E-state index contributed by atoms with van der Waals surface area (Å²) in [6, 6.07) is 18.4. The molecule has 66 heavy (non-hydrogen) atoms. The van der Waals surface area contributed by atoms with Gasteiger partial charge in [0.1, 0.15) is 0 Å². The Labute approximate surface area is 391 Å². The van der Waals surface area contributed by atoms with Crippen LogP contribution in [0.25, 0.3) is 21.5 Å². The Hall–Kier alpha value is -3.99. The van der Waals surface area contributed by atoms with Crippen LogP contribution in [0.2, 0.25) is 0 Å². The monoisotopic (exact) mass is 902 g/mol. The van der Waals surface area contributed by atoms with Gasteiger partial charge in [-0.2, -0.15) is 0 Å². The van der Waals surface area contributed by atoms with Gasteiger partial charge in [-0.1, -0.05) is 62.4 Å². The van der Waals surface area contributed by atoms with Gasteiger partial charge in [0, 0.05) is 47.6 Å². The molecule has 8 nitrogen and oxygen atoms in total. The first kappa shape index (κ1) is 42.1. The summed E-state index contributed by atoms with van der Waals surface area (Å²) in [5.74, 6) is 2.14. The van der Waals surface area contributed by atoms with E-state index in [1.165, 1.54) is 93.3 Å². The van der Waals surface area contributed by atoms with Crippen molar-refractivity contribution in [2.24, 2.45) is 28.4 Å². The summed E-state index contributed by atoms with van der Waals surface area (Å²) >= 11 is 0.